The Morgan fingerprint density at radius 1 is 1.44 bits per heavy atom. The Kier molecular flexibility index (Phi) is 3.53. The molecule has 18 heavy (non-hydrogen) atoms. The molecular formula is C11H13N3O2S2. The highest BCUT2D eigenvalue weighted by atomic mass is 32.2. The van der Waals surface area contributed by atoms with Gasteiger partial charge in [0.25, 0.3) is 0 Å². The van der Waals surface area contributed by atoms with Crippen molar-refractivity contribution < 1.29 is 8.42 Å². The molecule has 3 N–H and O–H groups in total. The Balaban J connectivity index is 2.12. The SMILES string of the molecule is Cc1cnc(NS(=O)(=O)Cc2cccc(N)c2)s1. The maximum Gasteiger partial charge on any atom is 0.238 e. The van der Waals surface area contributed by atoms with E-state index in [1.54, 1.807) is 30.5 Å². The lowest BCUT2D eigenvalue weighted by Gasteiger charge is -2.05. The Morgan fingerprint density at radius 2 is 2.22 bits per heavy atom. The lowest BCUT2D eigenvalue weighted by molar-refractivity contribution is 0.600. The van der Waals surface area contributed by atoms with Gasteiger partial charge in [-0.25, -0.2) is 13.4 Å². The average molecular weight is 283 g/mol. The predicted molar refractivity (Wildman–Crippen MR) is 74.0 cm³/mol. The van der Waals surface area contributed by atoms with E-state index in [0.717, 1.165) is 4.88 Å². The summed E-state index contributed by atoms with van der Waals surface area (Å²) in [4.78, 5) is 4.92. The molecule has 0 bridgehead atoms. The van der Waals surface area contributed by atoms with E-state index in [2.05, 4.69) is 9.71 Å². The summed E-state index contributed by atoms with van der Waals surface area (Å²) in [5, 5.41) is 0.386. The molecule has 96 valence electrons. The number of nitrogen functional groups attached to an aromatic ring is 1. The summed E-state index contributed by atoms with van der Waals surface area (Å²) in [5.41, 5.74) is 6.81. The largest absolute Gasteiger partial charge is 0.399 e. The van der Waals surface area contributed by atoms with E-state index in [1.807, 2.05) is 6.92 Å². The normalized spacial score (nSPS) is 11.4. The molecular weight excluding hydrogens is 270 g/mol. The van der Waals surface area contributed by atoms with Crippen LogP contribution < -0.4 is 10.5 Å². The van der Waals surface area contributed by atoms with Gasteiger partial charge in [-0.15, -0.1) is 11.3 Å². The molecule has 7 heteroatoms. The molecule has 5 nitrogen and oxygen atoms in total. The summed E-state index contributed by atoms with van der Waals surface area (Å²) in [6.07, 6.45) is 1.63. The Morgan fingerprint density at radius 3 is 2.83 bits per heavy atom. The molecule has 0 amide bonds. The van der Waals surface area contributed by atoms with Crippen molar-refractivity contribution in [1.82, 2.24) is 4.98 Å². The maximum absolute atomic E-state index is 11.9. The van der Waals surface area contributed by atoms with Crippen LogP contribution in [0, 0.1) is 6.92 Å². The van der Waals surface area contributed by atoms with Gasteiger partial charge in [-0.1, -0.05) is 12.1 Å². The van der Waals surface area contributed by atoms with Crippen molar-refractivity contribution in [2.45, 2.75) is 12.7 Å². The molecule has 0 saturated carbocycles. The third-order valence-corrected chi connectivity index (χ3v) is 4.35. The van der Waals surface area contributed by atoms with Crippen molar-refractivity contribution in [3.05, 3.63) is 40.9 Å². The topological polar surface area (TPSA) is 85.1 Å². The average Bonchev–Trinajstić information content (AvgIpc) is 2.62. The van der Waals surface area contributed by atoms with Crippen LogP contribution in [0.15, 0.2) is 30.5 Å². The van der Waals surface area contributed by atoms with Gasteiger partial charge in [0, 0.05) is 16.8 Å². The van der Waals surface area contributed by atoms with Gasteiger partial charge in [-0.3, -0.25) is 4.72 Å². The predicted octanol–water partition coefficient (Wildman–Crippen LogP) is 1.98. The van der Waals surface area contributed by atoms with Crippen molar-refractivity contribution in [3.8, 4) is 0 Å². The Labute approximate surface area is 110 Å². The molecule has 2 aromatic rings. The number of rotatable bonds is 4. The fraction of sp³-hybridized carbons (Fsp3) is 0.182. The van der Waals surface area contributed by atoms with Crippen molar-refractivity contribution >= 4 is 32.2 Å². The van der Waals surface area contributed by atoms with Gasteiger partial charge in [-0.05, 0) is 24.6 Å². The number of nitrogens with two attached hydrogens (primary N) is 1. The maximum atomic E-state index is 11.9. The summed E-state index contributed by atoms with van der Waals surface area (Å²) >= 11 is 1.30. The van der Waals surface area contributed by atoms with Crippen LogP contribution in [0.5, 0.6) is 0 Å². The van der Waals surface area contributed by atoms with E-state index in [0.29, 0.717) is 16.4 Å². The standard InChI is InChI=1S/C11H13N3O2S2/c1-8-6-13-11(17-8)14-18(15,16)7-9-3-2-4-10(12)5-9/h2-6H,7,12H2,1H3,(H,13,14). The van der Waals surface area contributed by atoms with E-state index in [4.69, 9.17) is 5.73 Å². The monoisotopic (exact) mass is 283 g/mol. The van der Waals surface area contributed by atoms with Gasteiger partial charge in [0.15, 0.2) is 5.13 Å². The van der Waals surface area contributed by atoms with Gasteiger partial charge in [0.05, 0.1) is 5.75 Å². The number of hydrogen-bond donors (Lipinski definition) is 2. The number of nitrogens with zero attached hydrogens (tertiary/aromatic N) is 1. The van der Waals surface area contributed by atoms with Crippen LogP contribution in [0.4, 0.5) is 10.8 Å². The number of benzene rings is 1. The Bertz CT molecular complexity index is 650. The minimum Gasteiger partial charge on any atom is -0.399 e. The van der Waals surface area contributed by atoms with Crippen LogP contribution in [0.3, 0.4) is 0 Å². The number of anilines is 2. The molecule has 0 atom stereocenters. The third-order valence-electron chi connectivity index (χ3n) is 2.17. The molecule has 1 heterocycles. The summed E-state index contributed by atoms with van der Waals surface area (Å²) in [6, 6.07) is 6.82. The summed E-state index contributed by atoms with van der Waals surface area (Å²) in [5.74, 6) is -0.114. The molecule has 1 aromatic carbocycles. The van der Waals surface area contributed by atoms with Gasteiger partial charge in [0.1, 0.15) is 0 Å². The molecule has 1 aromatic heterocycles. The molecule has 0 aliphatic rings. The summed E-state index contributed by atoms with van der Waals surface area (Å²) in [6.45, 7) is 1.87. The van der Waals surface area contributed by atoms with Crippen LogP contribution in [0.2, 0.25) is 0 Å². The lowest BCUT2D eigenvalue weighted by Crippen LogP contribution is -2.14. The lowest BCUT2D eigenvalue weighted by atomic mass is 10.2. The number of aryl methyl sites for hydroxylation is 1. The number of hydrogen-bond acceptors (Lipinski definition) is 5. The quantitative estimate of drug-likeness (QED) is 0.840. The molecule has 0 aliphatic heterocycles. The smallest absolute Gasteiger partial charge is 0.238 e. The van der Waals surface area contributed by atoms with E-state index in [1.165, 1.54) is 11.3 Å². The highest BCUT2D eigenvalue weighted by Crippen LogP contribution is 2.19. The zero-order chi connectivity index (χ0) is 13.2. The zero-order valence-corrected chi connectivity index (χ0v) is 11.4. The number of nitrogens with one attached hydrogen (secondary N) is 1. The first-order valence-electron chi connectivity index (χ1n) is 5.22. The first-order valence-corrected chi connectivity index (χ1v) is 7.69. The first kappa shape index (κ1) is 12.8. The molecule has 2 rings (SSSR count). The van der Waals surface area contributed by atoms with Crippen LogP contribution >= 0.6 is 11.3 Å². The number of sulfonamides is 1. The van der Waals surface area contributed by atoms with Crippen LogP contribution in [-0.4, -0.2) is 13.4 Å². The van der Waals surface area contributed by atoms with Gasteiger partial charge >= 0.3 is 0 Å². The summed E-state index contributed by atoms with van der Waals surface area (Å²) in [7, 11) is -3.45. The second-order valence-corrected chi connectivity index (χ2v) is 6.84. The van der Waals surface area contributed by atoms with E-state index in [9.17, 15) is 8.42 Å². The van der Waals surface area contributed by atoms with Crippen LogP contribution in [0.25, 0.3) is 0 Å². The van der Waals surface area contributed by atoms with Gasteiger partial charge in [-0.2, -0.15) is 0 Å². The molecule has 0 fully saturated rings. The summed E-state index contributed by atoms with van der Waals surface area (Å²) < 4.78 is 26.3. The van der Waals surface area contributed by atoms with Gasteiger partial charge < -0.3 is 5.73 Å². The van der Waals surface area contributed by atoms with Crippen LogP contribution in [-0.2, 0) is 15.8 Å². The second-order valence-electron chi connectivity index (χ2n) is 3.88. The van der Waals surface area contributed by atoms with E-state index in [-0.39, 0.29) is 5.75 Å². The van der Waals surface area contributed by atoms with E-state index >= 15 is 0 Å². The fourth-order valence-corrected chi connectivity index (χ4v) is 3.55. The van der Waals surface area contributed by atoms with Crippen LogP contribution in [0.1, 0.15) is 10.4 Å². The molecule has 0 unspecified atom stereocenters. The van der Waals surface area contributed by atoms with Crippen molar-refractivity contribution in [1.29, 1.82) is 0 Å². The molecule has 0 aliphatic carbocycles. The fourth-order valence-electron chi connectivity index (χ4n) is 1.47. The highest BCUT2D eigenvalue weighted by molar-refractivity contribution is 7.92. The number of aromatic nitrogens is 1. The van der Waals surface area contributed by atoms with Crippen molar-refractivity contribution in [2.75, 3.05) is 10.5 Å². The van der Waals surface area contributed by atoms with Crippen molar-refractivity contribution in [3.63, 3.8) is 0 Å². The first-order chi connectivity index (χ1) is 8.44. The van der Waals surface area contributed by atoms with E-state index < -0.39 is 10.0 Å². The second kappa shape index (κ2) is 4.95. The zero-order valence-electron chi connectivity index (χ0n) is 9.75. The third kappa shape index (κ3) is 3.44. The number of thiazole rings is 1. The minimum absolute atomic E-state index is 0.114. The molecule has 0 saturated heterocycles. The Hall–Kier alpha value is -1.60. The minimum atomic E-state index is -3.45. The van der Waals surface area contributed by atoms with Crippen molar-refractivity contribution in [2.24, 2.45) is 0 Å². The van der Waals surface area contributed by atoms with Gasteiger partial charge in [0.2, 0.25) is 10.0 Å². The molecule has 0 radical (unpaired) electrons. The molecule has 0 spiro atoms. The highest BCUT2D eigenvalue weighted by Gasteiger charge is 2.13.